The van der Waals surface area contributed by atoms with Crippen LogP contribution in [0.2, 0.25) is 0 Å². The zero-order chi connectivity index (χ0) is 16.1. The number of carbonyl (C=O) groups is 1. The number of thioether (sulfide) groups is 1. The number of aromatic nitrogens is 2. The first-order chi connectivity index (χ1) is 10.5. The van der Waals surface area contributed by atoms with Gasteiger partial charge < -0.3 is 4.90 Å². The number of hydrogen-bond donors (Lipinski definition) is 0. The first-order valence-corrected chi connectivity index (χ1v) is 8.73. The van der Waals surface area contributed by atoms with Crippen molar-refractivity contribution in [1.29, 1.82) is 0 Å². The summed E-state index contributed by atoms with van der Waals surface area (Å²) in [4.78, 5) is 37.7. The Labute approximate surface area is 134 Å². The Kier molecular flexibility index (Phi) is 5.88. The number of rotatable bonds is 4. The van der Waals surface area contributed by atoms with Crippen LogP contribution < -0.4 is 11.2 Å². The molecule has 0 saturated carbocycles. The largest absolute Gasteiger partial charge is 0.340 e. The first-order valence-electron chi connectivity index (χ1n) is 7.68. The van der Waals surface area contributed by atoms with Gasteiger partial charge in [0.15, 0.2) is 0 Å². The minimum Gasteiger partial charge on any atom is -0.340 e. The lowest BCUT2D eigenvalue weighted by molar-refractivity contribution is -0.131. The van der Waals surface area contributed by atoms with E-state index in [0.717, 1.165) is 42.7 Å². The molecule has 1 saturated heterocycles. The van der Waals surface area contributed by atoms with Crippen molar-refractivity contribution in [3.8, 4) is 0 Å². The molecule has 7 heteroatoms. The summed E-state index contributed by atoms with van der Waals surface area (Å²) in [6.45, 7) is 3.63. The SMILES string of the molecule is CCS[C@H]1CCCCN(C(=O)Cn2ccc(=O)n(C)c2=O)C1. The summed E-state index contributed by atoms with van der Waals surface area (Å²) in [6.07, 6.45) is 4.69. The predicted molar refractivity (Wildman–Crippen MR) is 88.3 cm³/mol. The number of likely N-dealkylation sites (tertiary alicyclic amines) is 1. The van der Waals surface area contributed by atoms with E-state index in [1.807, 2.05) is 16.7 Å². The summed E-state index contributed by atoms with van der Waals surface area (Å²) < 4.78 is 2.32. The van der Waals surface area contributed by atoms with Crippen LogP contribution in [0.25, 0.3) is 0 Å². The van der Waals surface area contributed by atoms with Crippen LogP contribution in [-0.4, -0.2) is 44.0 Å². The summed E-state index contributed by atoms with van der Waals surface area (Å²) in [7, 11) is 1.42. The maximum absolute atomic E-state index is 12.5. The smallest absolute Gasteiger partial charge is 0.331 e. The maximum Gasteiger partial charge on any atom is 0.331 e. The van der Waals surface area contributed by atoms with Gasteiger partial charge in [-0.05, 0) is 18.6 Å². The van der Waals surface area contributed by atoms with Gasteiger partial charge in [-0.1, -0.05) is 13.3 Å². The van der Waals surface area contributed by atoms with Crippen LogP contribution in [0.5, 0.6) is 0 Å². The molecule has 1 fully saturated rings. The van der Waals surface area contributed by atoms with Crippen LogP contribution in [0.3, 0.4) is 0 Å². The van der Waals surface area contributed by atoms with E-state index in [9.17, 15) is 14.4 Å². The van der Waals surface area contributed by atoms with E-state index >= 15 is 0 Å². The number of carbonyl (C=O) groups excluding carboxylic acids is 1. The molecule has 1 atom stereocenters. The minimum atomic E-state index is -0.449. The third kappa shape index (κ3) is 4.03. The molecule has 0 N–H and O–H groups in total. The zero-order valence-corrected chi connectivity index (χ0v) is 14.0. The van der Waals surface area contributed by atoms with Crippen LogP contribution >= 0.6 is 11.8 Å². The average molecular weight is 325 g/mol. The van der Waals surface area contributed by atoms with Crippen LogP contribution in [-0.2, 0) is 18.4 Å². The summed E-state index contributed by atoms with van der Waals surface area (Å²) in [5.41, 5.74) is -0.807. The highest BCUT2D eigenvalue weighted by atomic mass is 32.2. The van der Waals surface area contributed by atoms with Crippen LogP contribution in [0, 0.1) is 0 Å². The highest BCUT2D eigenvalue weighted by molar-refractivity contribution is 7.99. The van der Waals surface area contributed by atoms with E-state index < -0.39 is 5.69 Å². The van der Waals surface area contributed by atoms with E-state index in [2.05, 4.69) is 6.92 Å². The van der Waals surface area contributed by atoms with E-state index in [1.165, 1.54) is 23.9 Å². The van der Waals surface area contributed by atoms with Gasteiger partial charge >= 0.3 is 5.69 Å². The van der Waals surface area contributed by atoms with Gasteiger partial charge in [0.05, 0.1) is 0 Å². The number of amides is 1. The molecule has 0 unspecified atom stereocenters. The Morgan fingerprint density at radius 3 is 2.86 bits per heavy atom. The molecule has 1 aliphatic rings. The van der Waals surface area contributed by atoms with Gasteiger partial charge in [-0.15, -0.1) is 0 Å². The normalized spacial score (nSPS) is 19.0. The molecule has 1 amide bonds. The van der Waals surface area contributed by atoms with Gasteiger partial charge in [-0.3, -0.25) is 18.7 Å². The fourth-order valence-electron chi connectivity index (χ4n) is 2.68. The fourth-order valence-corrected chi connectivity index (χ4v) is 3.77. The molecule has 22 heavy (non-hydrogen) atoms. The first kappa shape index (κ1) is 16.9. The molecular formula is C15H23N3O3S. The number of nitrogens with zero attached hydrogens (tertiary/aromatic N) is 3. The van der Waals surface area contributed by atoms with Crippen LogP contribution in [0.15, 0.2) is 21.9 Å². The number of hydrogen-bond acceptors (Lipinski definition) is 4. The Hall–Kier alpha value is -1.50. The van der Waals surface area contributed by atoms with E-state index in [0.29, 0.717) is 5.25 Å². The third-order valence-corrected chi connectivity index (χ3v) is 5.14. The zero-order valence-electron chi connectivity index (χ0n) is 13.2. The monoisotopic (exact) mass is 325 g/mol. The highest BCUT2D eigenvalue weighted by Gasteiger charge is 2.22. The fraction of sp³-hybridized carbons (Fsp3) is 0.667. The highest BCUT2D eigenvalue weighted by Crippen LogP contribution is 2.22. The van der Waals surface area contributed by atoms with Crippen molar-refractivity contribution in [2.45, 2.75) is 38.0 Å². The molecular weight excluding hydrogens is 302 g/mol. The third-order valence-electron chi connectivity index (χ3n) is 3.95. The quantitative estimate of drug-likeness (QED) is 0.817. The van der Waals surface area contributed by atoms with Crippen molar-refractivity contribution in [1.82, 2.24) is 14.0 Å². The van der Waals surface area contributed by atoms with Crippen molar-refractivity contribution in [2.24, 2.45) is 7.05 Å². The van der Waals surface area contributed by atoms with E-state index in [4.69, 9.17) is 0 Å². The van der Waals surface area contributed by atoms with Gasteiger partial charge in [0, 0.05) is 37.7 Å². The maximum atomic E-state index is 12.5. The molecule has 0 spiro atoms. The molecule has 0 bridgehead atoms. The molecule has 0 radical (unpaired) electrons. The molecule has 2 rings (SSSR count). The predicted octanol–water partition coefficient (Wildman–Crippen LogP) is 0.681. The van der Waals surface area contributed by atoms with Crippen molar-refractivity contribution in [2.75, 3.05) is 18.8 Å². The van der Waals surface area contributed by atoms with Crippen molar-refractivity contribution >= 4 is 17.7 Å². The molecule has 1 aromatic heterocycles. The van der Waals surface area contributed by atoms with E-state index in [1.54, 1.807) is 0 Å². The molecule has 1 aromatic rings. The lowest BCUT2D eigenvalue weighted by atomic mass is 10.2. The molecule has 6 nitrogen and oxygen atoms in total. The average Bonchev–Trinajstić information content (AvgIpc) is 2.74. The van der Waals surface area contributed by atoms with Crippen molar-refractivity contribution in [3.63, 3.8) is 0 Å². The second-order valence-corrected chi connectivity index (χ2v) is 7.11. The summed E-state index contributed by atoms with van der Waals surface area (Å²) in [5.74, 6) is 0.997. The second-order valence-electron chi connectivity index (χ2n) is 5.54. The Bertz CT molecular complexity index is 638. The topological polar surface area (TPSA) is 64.3 Å². The van der Waals surface area contributed by atoms with Crippen molar-refractivity contribution < 1.29 is 4.79 Å². The molecule has 0 aromatic carbocycles. The molecule has 1 aliphatic heterocycles. The Morgan fingerprint density at radius 2 is 2.14 bits per heavy atom. The van der Waals surface area contributed by atoms with Crippen LogP contribution in [0.4, 0.5) is 0 Å². The van der Waals surface area contributed by atoms with Gasteiger partial charge in [0.1, 0.15) is 6.54 Å². The lowest BCUT2D eigenvalue weighted by Crippen LogP contribution is -2.42. The molecule has 0 aliphatic carbocycles. The lowest BCUT2D eigenvalue weighted by Gasteiger charge is -2.24. The van der Waals surface area contributed by atoms with Gasteiger partial charge in [-0.25, -0.2) is 4.79 Å². The van der Waals surface area contributed by atoms with Gasteiger partial charge in [-0.2, -0.15) is 11.8 Å². The van der Waals surface area contributed by atoms with Crippen molar-refractivity contribution in [3.05, 3.63) is 33.1 Å². The molecule has 2 heterocycles. The summed E-state index contributed by atoms with van der Waals surface area (Å²) in [6, 6.07) is 1.31. The van der Waals surface area contributed by atoms with Gasteiger partial charge in [0.2, 0.25) is 5.91 Å². The van der Waals surface area contributed by atoms with Gasteiger partial charge in [0.25, 0.3) is 5.56 Å². The Morgan fingerprint density at radius 1 is 1.36 bits per heavy atom. The Balaban J connectivity index is 2.09. The second kappa shape index (κ2) is 7.67. The van der Waals surface area contributed by atoms with Crippen LogP contribution in [0.1, 0.15) is 26.2 Å². The standard InChI is InChI=1S/C15H23N3O3S/c1-3-22-12-6-4-5-8-17(10-12)14(20)11-18-9-7-13(19)16(2)15(18)21/h7,9,12H,3-6,8,10-11H2,1-2H3/t12-/m0/s1. The minimum absolute atomic E-state index is 0.00351. The summed E-state index contributed by atoms with van der Waals surface area (Å²) >= 11 is 1.89. The van der Waals surface area contributed by atoms with E-state index in [-0.39, 0.29) is 18.0 Å². The molecule has 122 valence electrons. The summed E-state index contributed by atoms with van der Waals surface area (Å²) in [5, 5.41) is 0.480.